The van der Waals surface area contributed by atoms with E-state index < -0.39 is 5.63 Å². The van der Waals surface area contributed by atoms with Crippen molar-refractivity contribution in [1.82, 2.24) is 0 Å². The maximum Gasteiger partial charge on any atom is 0.349 e. The Morgan fingerprint density at radius 2 is 1.78 bits per heavy atom. The van der Waals surface area contributed by atoms with Gasteiger partial charge in [0, 0.05) is 0 Å². The molecule has 4 nitrogen and oxygen atoms in total. The molecule has 3 rings (SSSR count). The molecule has 0 fully saturated rings. The van der Waals surface area contributed by atoms with Gasteiger partial charge in [-0.15, -0.1) is 0 Å². The Morgan fingerprint density at radius 3 is 2.52 bits per heavy atom. The SMILES string of the molecule is CCC(=NCc1ccccc1)c1c(O)c2ccccc2oc1=O. The van der Waals surface area contributed by atoms with E-state index in [1.807, 2.05) is 37.3 Å². The predicted octanol–water partition coefficient (Wildman–Crippen LogP) is 3.90. The monoisotopic (exact) mass is 307 g/mol. The third kappa shape index (κ3) is 3.01. The van der Waals surface area contributed by atoms with Gasteiger partial charge in [0.1, 0.15) is 16.9 Å². The fraction of sp³-hybridized carbons (Fsp3) is 0.158. The third-order valence-electron chi connectivity index (χ3n) is 3.70. The summed E-state index contributed by atoms with van der Waals surface area (Å²) in [4.78, 5) is 16.8. The summed E-state index contributed by atoms with van der Waals surface area (Å²) in [6.45, 7) is 2.35. The third-order valence-corrected chi connectivity index (χ3v) is 3.70. The summed E-state index contributed by atoms with van der Waals surface area (Å²) in [6.07, 6.45) is 0.531. The van der Waals surface area contributed by atoms with Gasteiger partial charge in [0.2, 0.25) is 0 Å². The van der Waals surface area contributed by atoms with Gasteiger partial charge in [0.15, 0.2) is 0 Å². The summed E-state index contributed by atoms with van der Waals surface area (Å²) in [5.41, 5.74) is 1.56. The standard InChI is InChI=1S/C19H17NO3/c1-2-15(20-12-13-8-4-3-5-9-13)17-18(21)14-10-6-7-11-16(14)23-19(17)22/h3-11,21H,2,12H2,1H3. The van der Waals surface area contributed by atoms with E-state index in [-0.39, 0.29) is 11.3 Å². The summed E-state index contributed by atoms with van der Waals surface area (Å²) in [7, 11) is 0. The van der Waals surface area contributed by atoms with Crippen molar-refractivity contribution in [1.29, 1.82) is 0 Å². The normalized spacial score (nSPS) is 11.8. The molecule has 0 unspecified atom stereocenters. The van der Waals surface area contributed by atoms with Crippen molar-refractivity contribution in [2.24, 2.45) is 4.99 Å². The van der Waals surface area contributed by atoms with Gasteiger partial charge in [-0.05, 0) is 24.1 Å². The molecule has 0 radical (unpaired) electrons. The Morgan fingerprint density at radius 1 is 1.09 bits per heavy atom. The summed E-state index contributed by atoms with van der Waals surface area (Å²) in [5.74, 6) is -0.0643. The molecule has 0 aliphatic carbocycles. The van der Waals surface area contributed by atoms with Crippen LogP contribution in [0.3, 0.4) is 0 Å². The maximum atomic E-state index is 12.3. The highest BCUT2D eigenvalue weighted by molar-refractivity contribution is 6.05. The molecule has 1 heterocycles. The van der Waals surface area contributed by atoms with Crippen molar-refractivity contribution in [2.45, 2.75) is 19.9 Å². The molecule has 0 aliphatic rings. The predicted molar refractivity (Wildman–Crippen MR) is 91.1 cm³/mol. The van der Waals surface area contributed by atoms with Crippen LogP contribution >= 0.6 is 0 Å². The first-order chi connectivity index (χ1) is 11.2. The number of hydrogen-bond acceptors (Lipinski definition) is 4. The second kappa shape index (κ2) is 6.48. The molecule has 1 aromatic heterocycles. The van der Waals surface area contributed by atoms with Crippen LogP contribution in [0.25, 0.3) is 11.0 Å². The average molecular weight is 307 g/mol. The van der Waals surface area contributed by atoms with Gasteiger partial charge in [0.05, 0.1) is 17.6 Å². The molecule has 1 N–H and O–H groups in total. The number of fused-ring (bicyclic) bond motifs is 1. The Labute approximate surface area is 133 Å². The topological polar surface area (TPSA) is 62.8 Å². The molecular weight excluding hydrogens is 290 g/mol. The van der Waals surface area contributed by atoms with Crippen LogP contribution in [-0.2, 0) is 6.54 Å². The zero-order chi connectivity index (χ0) is 16.2. The number of aliphatic imine (C=N–C) groups is 1. The lowest BCUT2D eigenvalue weighted by Gasteiger charge is -2.08. The smallest absolute Gasteiger partial charge is 0.349 e. The number of nitrogens with zero attached hydrogens (tertiary/aromatic N) is 1. The van der Waals surface area contributed by atoms with Gasteiger partial charge in [-0.3, -0.25) is 4.99 Å². The van der Waals surface area contributed by atoms with Crippen LogP contribution in [0.1, 0.15) is 24.5 Å². The van der Waals surface area contributed by atoms with Crippen LogP contribution in [0.15, 0.2) is 68.8 Å². The van der Waals surface area contributed by atoms with E-state index in [2.05, 4.69) is 4.99 Å². The van der Waals surface area contributed by atoms with E-state index >= 15 is 0 Å². The minimum absolute atomic E-state index is 0.0643. The van der Waals surface area contributed by atoms with Gasteiger partial charge in [-0.1, -0.05) is 49.4 Å². The number of benzene rings is 2. The van der Waals surface area contributed by atoms with E-state index in [4.69, 9.17) is 4.42 Å². The molecule has 0 amide bonds. The summed E-state index contributed by atoms with van der Waals surface area (Å²) < 4.78 is 5.31. The molecule has 116 valence electrons. The zero-order valence-corrected chi connectivity index (χ0v) is 12.8. The molecule has 3 aromatic rings. The van der Waals surface area contributed by atoms with Gasteiger partial charge in [0.25, 0.3) is 0 Å². The number of hydrogen-bond donors (Lipinski definition) is 1. The quantitative estimate of drug-likeness (QED) is 0.587. The van der Waals surface area contributed by atoms with Crippen molar-refractivity contribution < 1.29 is 9.52 Å². The van der Waals surface area contributed by atoms with E-state index in [9.17, 15) is 9.90 Å². The highest BCUT2D eigenvalue weighted by Crippen LogP contribution is 2.27. The molecule has 2 aromatic carbocycles. The lowest BCUT2D eigenvalue weighted by atomic mass is 10.1. The average Bonchev–Trinajstić information content (AvgIpc) is 2.58. The fourth-order valence-corrected chi connectivity index (χ4v) is 2.53. The molecule has 0 spiro atoms. The van der Waals surface area contributed by atoms with Gasteiger partial charge < -0.3 is 9.52 Å². The fourth-order valence-electron chi connectivity index (χ4n) is 2.53. The van der Waals surface area contributed by atoms with Crippen LogP contribution in [-0.4, -0.2) is 10.8 Å². The molecule has 0 bridgehead atoms. The largest absolute Gasteiger partial charge is 0.506 e. The summed E-state index contributed by atoms with van der Waals surface area (Å²) >= 11 is 0. The zero-order valence-electron chi connectivity index (χ0n) is 12.8. The van der Waals surface area contributed by atoms with Gasteiger partial charge in [-0.2, -0.15) is 0 Å². The molecule has 0 saturated carbocycles. The van der Waals surface area contributed by atoms with Crippen molar-refractivity contribution in [3.8, 4) is 5.75 Å². The Bertz CT molecular complexity index is 911. The Hall–Kier alpha value is -2.88. The highest BCUT2D eigenvalue weighted by Gasteiger charge is 2.17. The lowest BCUT2D eigenvalue weighted by Crippen LogP contribution is -2.15. The van der Waals surface area contributed by atoms with Crippen LogP contribution in [0, 0.1) is 0 Å². The Kier molecular flexibility index (Phi) is 4.24. The second-order valence-corrected chi connectivity index (χ2v) is 5.21. The van der Waals surface area contributed by atoms with Crippen molar-refractivity contribution in [3.05, 3.63) is 76.1 Å². The first-order valence-corrected chi connectivity index (χ1v) is 7.53. The minimum atomic E-state index is -0.560. The van der Waals surface area contributed by atoms with Crippen molar-refractivity contribution >= 4 is 16.7 Å². The van der Waals surface area contributed by atoms with E-state index in [0.29, 0.717) is 29.6 Å². The molecular formula is C19H17NO3. The summed E-state index contributed by atoms with van der Waals surface area (Å²) in [5, 5.41) is 11.0. The summed E-state index contributed by atoms with van der Waals surface area (Å²) in [6, 6.07) is 16.7. The first-order valence-electron chi connectivity index (χ1n) is 7.53. The Balaban J connectivity index is 2.08. The van der Waals surface area contributed by atoms with Crippen molar-refractivity contribution in [3.63, 3.8) is 0 Å². The van der Waals surface area contributed by atoms with Crippen LogP contribution in [0.4, 0.5) is 0 Å². The van der Waals surface area contributed by atoms with Crippen LogP contribution in [0.2, 0.25) is 0 Å². The van der Waals surface area contributed by atoms with E-state index in [1.165, 1.54) is 0 Å². The molecule has 23 heavy (non-hydrogen) atoms. The number of aromatic hydroxyl groups is 1. The molecule has 0 atom stereocenters. The number of rotatable bonds is 4. The van der Waals surface area contributed by atoms with E-state index in [0.717, 1.165) is 5.56 Å². The van der Waals surface area contributed by atoms with Gasteiger partial charge >= 0.3 is 5.63 Å². The number of para-hydroxylation sites is 1. The van der Waals surface area contributed by atoms with Crippen LogP contribution in [0.5, 0.6) is 5.75 Å². The highest BCUT2D eigenvalue weighted by atomic mass is 16.4. The van der Waals surface area contributed by atoms with Crippen molar-refractivity contribution in [2.75, 3.05) is 0 Å². The molecule has 0 saturated heterocycles. The lowest BCUT2D eigenvalue weighted by molar-refractivity contribution is 0.466. The van der Waals surface area contributed by atoms with E-state index in [1.54, 1.807) is 24.3 Å². The second-order valence-electron chi connectivity index (χ2n) is 5.21. The molecule has 0 aliphatic heterocycles. The van der Waals surface area contributed by atoms with Crippen LogP contribution < -0.4 is 5.63 Å². The molecule has 4 heteroatoms. The first kappa shape index (κ1) is 15.0. The minimum Gasteiger partial charge on any atom is -0.506 e. The van der Waals surface area contributed by atoms with Gasteiger partial charge in [-0.25, -0.2) is 4.79 Å². The maximum absolute atomic E-state index is 12.3.